The molecule has 5 nitrogen and oxygen atoms in total. The fraction of sp³-hybridized carbons (Fsp3) is 0.250. The summed E-state index contributed by atoms with van der Waals surface area (Å²) in [7, 11) is 0. The highest BCUT2D eigenvalue weighted by Gasteiger charge is 2.11. The molecule has 50 valence electrons. The van der Waals surface area contributed by atoms with Gasteiger partial charge in [-0.3, -0.25) is 5.01 Å². The Hall–Kier alpha value is -1.07. The second-order valence-electron chi connectivity index (χ2n) is 1.79. The van der Waals surface area contributed by atoms with Gasteiger partial charge in [0.05, 0.1) is 11.9 Å². The van der Waals surface area contributed by atoms with E-state index in [-0.39, 0.29) is 0 Å². The minimum absolute atomic E-state index is 0.428. The van der Waals surface area contributed by atoms with Gasteiger partial charge in [-0.15, -0.1) is 0 Å². The molecule has 0 radical (unpaired) electrons. The van der Waals surface area contributed by atoms with Crippen LogP contribution in [0.5, 0.6) is 0 Å². The first-order valence-electron chi connectivity index (χ1n) is 2.49. The molecule has 5 heteroatoms. The number of hydrogen-bond acceptors (Lipinski definition) is 5. The summed E-state index contributed by atoms with van der Waals surface area (Å²) in [5.74, 6) is 5.31. The number of aliphatic imine (C=N–C) groups is 1. The van der Waals surface area contributed by atoms with Crippen molar-refractivity contribution in [2.45, 2.75) is 6.17 Å². The minimum atomic E-state index is -0.428. The van der Waals surface area contributed by atoms with Gasteiger partial charge in [0.2, 0.25) is 0 Å². The molecule has 1 heterocycles. The second-order valence-corrected chi connectivity index (χ2v) is 1.79. The van der Waals surface area contributed by atoms with Gasteiger partial charge < -0.3 is 11.5 Å². The summed E-state index contributed by atoms with van der Waals surface area (Å²) in [6.07, 6.45) is 2.47. The lowest BCUT2D eigenvalue weighted by Gasteiger charge is -2.23. The number of nitrogens with two attached hydrogens (primary N) is 3. The van der Waals surface area contributed by atoms with Gasteiger partial charge in [0.15, 0.2) is 0 Å². The number of nitrogens with zero attached hydrogens (tertiary/aromatic N) is 2. The normalized spacial score (nSPS) is 26.2. The lowest BCUT2D eigenvalue weighted by molar-refractivity contribution is 0.368. The van der Waals surface area contributed by atoms with Gasteiger partial charge in [0.25, 0.3) is 0 Å². The third-order valence-electron chi connectivity index (χ3n) is 1.09. The Morgan fingerprint density at radius 1 is 1.67 bits per heavy atom. The average molecular weight is 127 g/mol. The molecule has 1 atom stereocenters. The van der Waals surface area contributed by atoms with E-state index in [4.69, 9.17) is 17.3 Å². The van der Waals surface area contributed by atoms with Crippen LogP contribution in [0.25, 0.3) is 0 Å². The first-order valence-corrected chi connectivity index (χ1v) is 2.49. The van der Waals surface area contributed by atoms with Crippen molar-refractivity contribution in [2.24, 2.45) is 22.3 Å². The number of hydrogen-bond donors (Lipinski definition) is 3. The smallest absolute Gasteiger partial charge is 0.135 e. The Bertz CT molecular complexity index is 160. The largest absolute Gasteiger partial charge is 0.398 e. The molecule has 0 saturated carbocycles. The molecule has 0 aromatic heterocycles. The van der Waals surface area contributed by atoms with Crippen LogP contribution in [-0.2, 0) is 0 Å². The SMILES string of the molecule is NC1=CN=CN(N)C1N. The first-order chi connectivity index (χ1) is 4.22. The summed E-state index contributed by atoms with van der Waals surface area (Å²) in [4.78, 5) is 3.70. The fourth-order valence-corrected chi connectivity index (χ4v) is 0.517. The van der Waals surface area contributed by atoms with Gasteiger partial charge in [-0.1, -0.05) is 0 Å². The highest BCUT2D eigenvalue weighted by Crippen LogP contribution is 1.97. The Labute approximate surface area is 52.8 Å². The van der Waals surface area contributed by atoms with E-state index >= 15 is 0 Å². The van der Waals surface area contributed by atoms with Crippen molar-refractivity contribution >= 4 is 6.34 Å². The van der Waals surface area contributed by atoms with Crippen LogP contribution in [0.4, 0.5) is 0 Å². The van der Waals surface area contributed by atoms with Crippen LogP contribution in [0.1, 0.15) is 0 Å². The number of rotatable bonds is 0. The van der Waals surface area contributed by atoms with Crippen LogP contribution in [-0.4, -0.2) is 17.5 Å². The molecular formula is C4H9N5. The molecule has 0 saturated heterocycles. The third kappa shape index (κ3) is 1.01. The predicted octanol–water partition coefficient (Wildman–Crippen LogP) is -1.71. The van der Waals surface area contributed by atoms with E-state index in [1.165, 1.54) is 17.5 Å². The van der Waals surface area contributed by atoms with Gasteiger partial charge in [-0.05, 0) is 0 Å². The lowest BCUT2D eigenvalue weighted by Crippen LogP contribution is -2.50. The Morgan fingerprint density at radius 3 is 2.78 bits per heavy atom. The summed E-state index contributed by atoms with van der Waals surface area (Å²) >= 11 is 0. The maximum Gasteiger partial charge on any atom is 0.135 e. The maximum atomic E-state index is 5.44. The van der Waals surface area contributed by atoms with Crippen molar-refractivity contribution in [2.75, 3.05) is 0 Å². The van der Waals surface area contributed by atoms with Gasteiger partial charge in [0.1, 0.15) is 12.5 Å². The summed E-state index contributed by atoms with van der Waals surface area (Å²) in [5.41, 5.74) is 11.3. The molecule has 1 rings (SSSR count). The molecule has 0 fully saturated rings. The first kappa shape index (κ1) is 6.06. The van der Waals surface area contributed by atoms with E-state index in [9.17, 15) is 0 Å². The van der Waals surface area contributed by atoms with Crippen molar-refractivity contribution in [3.05, 3.63) is 11.9 Å². The second kappa shape index (κ2) is 2.04. The number of hydrazine groups is 1. The van der Waals surface area contributed by atoms with Crippen molar-refractivity contribution in [1.29, 1.82) is 0 Å². The Morgan fingerprint density at radius 2 is 2.33 bits per heavy atom. The van der Waals surface area contributed by atoms with E-state index in [2.05, 4.69) is 4.99 Å². The van der Waals surface area contributed by atoms with Crippen molar-refractivity contribution < 1.29 is 0 Å². The van der Waals surface area contributed by atoms with Gasteiger partial charge in [-0.2, -0.15) is 0 Å². The zero-order valence-corrected chi connectivity index (χ0v) is 4.86. The molecule has 0 aromatic rings. The Balaban J connectivity index is 2.73. The summed E-state index contributed by atoms with van der Waals surface area (Å²) < 4.78 is 0. The molecule has 1 aliphatic heterocycles. The minimum Gasteiger partial charge on any atom is -0.398 e. The molecule has 0 aromatic carbocycles. The molecule has 1 unspecified atom stereocenters. The van der Waals surface area contributed by atoms with Crippen molar-refractivity contribution in [3.8, 4) is 0 Å². The highest BCUT2D eigenvalue weighted by atomic mass is 15.5. The topological polar surface area (TPSA) is 93.7 Å². The molecule has 9 heavy (non-hydrogen) atoms. The van der Waals surface area contributed by atoms with Gasteiger partial charge in [0, 0.05) is 0 Å². The van der Waals surface area contributed by atoms with Gasteiger partial charge >= 0.3 is 0 Å². The molecule has 1 aliphatic rings. The molecular weight excluding hydrogens is 118 g/mol. The van der Waals surface area contributed by atoms with Crippen LogP contribution in [0, 0.1) is 0 Å². The van der Waals surface area contributed by atoms with E-state index in [0.29, 0.717) is 5.70 Å². The van der Waals surface area contributed by atoms with Crippen LogP contribution in [0.2, 0.25) is 0 Å². The molecule has 0 amide bonds. The van der Waals surface area contributed by atoms with Crippen molar-refractivity contribution in [1.82, 2.24) is 5.01 Å². The highest BCUT2D eigenvalue weighted by molar-refractivity contribution is 5.57. The van der Waals surface area contributed by atoms with Crippen LogP contribution in [0.15, 0.2) is 16.9 Å². The predicted molar refractivity (Wildman–Crippen MR) is 34.8 cm³/mol. The molecule has 0 spiro atoms. The van der Waals surface area contributed by atoms with E-state index < -0.39 is 6.17 Å². The van der Waals surface area contributed by atoms with Crippen LogP contribution >= 0.6 is 0 Å². The quantitative estimate of drug-likeness (QED) is 0.338. The van der Waals surface area contributed by atoms with Gasteiger partial charge in [-0.25, -0.2) is 10.8 Å². The van der Waals surface area contributed by atoms with Crippen molar-refractivity contribution in [3.63, 3.8) is 0 Å². The molecule has 6 N–H and O–H groups in total. The summed E-state index contributed by atoms with van der Waals surface area (Å²) in [6, 6.07) is 0. The summed E-state index contributed by atoms with van der Waals surface area (Å²) in [6.45, 7) is 0. The third-order valence-corrected chi connectivity index (χ3v) is 1.09. The van der Waals surface area contributed by atoms with E-state index in [1.54, 1.807) is 0 Å². The lowest BCUT2D eigenvalue weighted by atomic mass is 10.3. The standard InChI is InChI=1S/C4H9N5/c5-3-1-8-2-9(7)4(3)6/h1-2,4H,5-7H2. The Kier molecular flexibility index (Phi) is 1.37. The van der Waals surface area contributed by atoms with Crippen LogP contribution < -0.4 is 17.3 Å². The monoisotopic (exact) mass is 127 g/mol. The molecule has 0 aliphatic carbocycles. The maximum absolute atomic E-state index is 5.44. The summed E-state index contributed by atoms with van der Waals surface area (Å²) in [5, 5.41) is 1.25. The fourth-order valence-electron chi connectivity index (χ4n) is 0.517. The van der Waals surface area contributed by atoms with E-state index in [1.807, 2.05) is 0 Å². The molecule has 0 bridgehead atoms. The van der Waals surface area contributed by atoms with Crippen LogP contribution in [0.3, 0.4) is 0 Å². The average Bonchev–Trinajstić information content (AvgIpc) is 1.83. The van der Waals surface area contributed by atoms with E-state index in [0.717, 1.165) is 0 Å². The zero-order valence-electron chi connectivity index (χ0n) is 4.86. The zero-order chi connectivity index (χ0) is 6.85.